The van der Waals surface area contributed by atoms with Gasteiger partial charge in [0.15, 0.2) is 6.61 Å². The monoisotopic (exact) mass is 380 g/mol. The highest BCUT2D eigenvalue weighted by Gasteiger charge is 2.16. The largest absolute Gasteiger partial charge is 0.484 e. The molecule has 1 aliphatic heterocycles. The van der Waals surface area contributed by atoms with E-state index in [2.05, 4.69) is 67.4 Å². The number of anilines is 1. The van der Waals surface area contributed by atoms with Crippen molar-refractivity contribution in [2.45, 2.75) is 45.4 Å². The second-order valence-corrected chi connectivity index (χ2v) is 8.49. The maximum absolute atomic E-state index is 12.0. The molecule has 0 bridgehead atoms. The molecule has 0 aromatic heterocycles. The van der Waals surface area contributed by atoms with Crippen molar-refractivity contribution in [3.63, 3.8) is 0 Å². The number of hydrogen-bond donors (Lipinski definition) is 1. The Bertz CT molecular complexity index is 778. The third kappa shape index (κ3) is 5.51. The summed E-state index contributed by atoms with van der Waals surface area (Å²) in [6, 6.07) is 16.6. The van der Waals surface area contributed by atoms with Crippen molar-refractivity contribution < 1.29 is 9.53 Å². The number of aryl methyl sites for hydroxylation is 1. The van der Waals surface area contributed by atoms with E-state index in [9.17, 15) is 4.79 Å². The highest BCUT2D eigenvalue weighted by Crippen LogP contribution is 2.26. The molecule has 1 N–H and O–H groups in total. The number of carbonyl (C=O) groups excluding carboxylic acids is 1. The summed E-state index contributed by atoms with van der Waals surface area (Å²) >= 11 is 0. The van der Waals surface area contributed by atoms with Crippen LogP contribution in [0.25, 0.3) is 0 Å². The van der Waals surface area contributed by atoms with E-state index in [0.717, 1.165) is 31.7 Å². The van der Waals surface area contributed by atoms with Crippen molar-refractivity contribution in [1.82, 2.24) is 5.32 Å². The van der Waals surface area contributed by atoms with Gasteiger partial charge in [0.25, 0.3) is 5.91 Å². The van der Waals surface area contributed by atoms with Crippen molar-refractivity contribution in [2.75, 3.05) is 31.1 Å². The van der Waals surface area contributed by atoms with Crippen LogP contribution in [-0.2, 0) is 16.6 Å². The molecule has 2 aromatic rings. The van der Waals surface area contributed by atoms with E-state index in [4.69, 9.17) is 4.74 Å². The van der Waals surface area contributed by atoms with Gasteiger partial charge in [-0.3, -0.25) is 4.79 Å². The molecular weight excluding hydrogens is 348 g/mol. The molecule has 150 valence electrons. The Morgan fingerprint density at radius 1 is 1.11 bits per heavy atom. The zero-order valence-electron chi connectivity index (χ0n) is 17.3. The Labute approximate surface area is 168 Å². The van der Waals surface area contributed by atoms with Crippen LogP contribution in [0.2, 0.25) is 0 Å². The summed E-state index contributed by atoms with van der Waals surface area (Å²) in [5, 5.41) is 2.96. The van der Waals surface area contributed by atoms with Gasteiger partial charge in [-0.1, -0.05) is 51.1 Å². The summed E-state index contributed by atoms with van der Waals surface area (Å²) in [5.41, 5.74) is 4.15. The van der Waals surface area contributed by atoms with Gasteiger partial charge in [-0.05, 0) is 54.0 Å². The lowest BCUT2D eigenvalue weighted by Gasteiger charge is -2.31. The molecule has 0 unspecified atom stereocenters. The normalized spacial score (nSPS) is 13.8. The second kappa shape index (κ2) is 9.13. The van der Waals surface area contributed by atoms with Crippen LogP contribution in [0.15, 0.2) is 48.5 Å². The SMILES string of the molecule is CC(C)(C)c1ccc(OCC(=O)NCCCN2CCCc3ccccc32)cc1. The van der Waals surface area contributed by atoms with Gasteiger partial charge in [-0.25, -0.2) is 0 Å². The molecular formula is C24H32N2O2. The Kier molecular flexibility index (Phi) is 6.61. The second-order valence-electron chi connectivity index (χ2n) is 8.49. The summed E-state index contributed by atoms with van der Waals surface area (Å²) in [6.07, 6.45) is 3.29. The van der Waals surface area contributed by atoms with Gasteiger partial charge < -0.3 is 15.0 Å². The summed E-state index contributed by atoms with van der Waals surface area (Å²) in [5.74, 6) is 0.659. The van der Waals surface area contributed by atoms with Gasteiger partial charge >= 0.3 is 0 Å². The van der Waals surface area contributed by atoms with Crippen molar-refractivity contribution in [1.29, 1.82) is 0 Å². The third-order valence-corrected chi connectivity index (χ3v) is 5.22. The van der Waals surface area contributed by atoms with E-state index < -0.39 is 0 Å². The predicted octanol–water partition coefficient (Wildman–Crippen LogP) is 4.32. The standard InChI is InChI=1S/C24H32N2O2/c1-24(2,3)20-11-13-21(14-12-20)28-18-23(27)25-15-7-17-26-16-6-9-19-8-4-5-10-22(19)26/h4-5,8,10-14H,6-7,9,15-18H2,1-3H3,(H,25,27). The minimum absolute atomic E-state index is 0.0570. The Morgan fingerprint density at radius 3 is 2.61 bits per heavy atom. The number of nitrogens with zero attached hydrogens (tertiary/aromatic N) is 1. The van der Waals surface area contributed by atoms with Crippen LogP contribution < -0.4 is 15.0 Å². The minimum Gasteiger partial charge on any atom is -0.484 e. The Hall–Kier alpha value is -2.49. The molecule has 0 aliphatic carbocycles. The van der Waals surface area contributed by atoms with Crippen LogP contribution in [0.1, 0.15) is 44.7 Å². The number of ether oxygens (including phenoxy) is 1. The lowest BCUT2D eigenvalue weighted by molar-refractivity contribution is -0.123. The molecule has 4 heteroatoms. The van der Waals surface area contributed by atoms with Gasteiger partial charge in [0.2, 0.25) is 0 Å². The third-order valence-electron chi connectivity index (χ3n) is 5.22. The number of nitrogens with one attached hydrogen (secondary N) is 1. The predicted molar refractivity (Wildman–Crippen MR) is 115 cm³/mol. The smallest absolute Gasteiger partial charge is 0.257 e. The highest BCUT2D eigenvalue weighted by atomic mass is 16.5. The molecule has 1 aliphatic rings. The first-order chi connectivity index (χ1) is 13.4. The number of carbonyl (C=O) groups is 1. The first kappa shape index (κ1) is 20.2. The summed E-state index contributed by atoms with van der Waals surface area (Å²) < 4.78 is 5.61. The topological polar surface area (TPSA) is 41.6 Å². The van der Waals surface area contributed by atoms with Crippen LogP contribution in [-0.4, -0.2) is 32.1 Å². The van der Waals surface area contributed by atoms with Crippen molar-refractivity contribution in [3.05, 3.63) is 59.7 Å². The van der Waals surface area contributed by atoms with E-state index >= 15 is 0 Å². The number of hydrogen-bond acceptors (Lipinski definition) is 3. The number of rotatable bonds is 7. The Balaban J connectivity index is 1.36. The molecule has 0 spiro atoms. The molecule has 1 heterocycles. The first-order valence-electron chi connectivity index (χ1n) is 10.3. The van der Waals surface area contributed by atoms with Gasteiger partial charge in [0, 0.05) is 25.3 Å². The van der Waals surface area contributed by atoms with Crippen molar-refractivity contribution in [3.8, 4) is 5.75 Å². The van der Waals surface area contributed by atoms with Gasteiger partial charge in [0.1, 0.15) is 5.75 Å². The van der Waals surface area contributed by atoms with Gasteiger partial charge in [-0.2, -0.15) is 0 Å². The molecule has 0 saturated heterocycles. The Morgan fingerprint density at radius 2 is 1.86 bits per heavy atom. The van der Waals surface area contributed by atoms with Gasteiger partial charge in [0.05, 0.1) is 0 Å². The number of benzene rings is 2. The molecule has 4 nitrogen and oxygen atoms in total. The van der Waals surface area contributed by atoms with E-state index in [1.54, 1.807) is 0 Å². The number of fused-ring (bicyclic) bond motifs is 1. The van der Waals surface area contributed by atoms with Crippen LogP contribution >= 0.6 is 0 Å². The fourth-order valence-electron chi connectivity index (χ4n) is 3.59. The van der Waals surface area contributed by atoms with Crippen LogP contribution in [0, 0.1) is 0 Å². The van der Waals surface area contributed by atoms with Crippen LogP contribution in [0.4, 0.5) is 5.69 Å². The molecule has 1 amide bonds. The fraction of sp³-hybridized carbons (Fsp3) is 0.458. The molecule has 2 aromatic carbocycles. The van der Waals surface area contributed by atoms with Crippen molar-refractivity contribution in [2.24, 2.45) is 0 Å². The maximum Gasteiger partial charge on any atom is 0.257 e. The van der Waals surface area contributed by atoms with E-state index in [1.807, 2.05) is 12.1 Å². The molecule has 0 radical (unpaired) electrons. The maximum atomic E-state index is 12.0. The molecule has 0 saturated carbocycles. The van der Waals surface area contributed by atoms with Crippen LogP contribution in [0.5, 0.6) is 5.75 Å². The average Bonchev–Trinajstić information content (AvgIpc) is 2.69. The molecule has 0 atom stereocenters. The lowest BCUT2D eigenvalue weighted by atomic mass is 9.87. The van der Waals surface area contributed by atoms with Crippen LogP contribution in [0.3, 0.4) is 0 Å². The van der Waals surface area contributed by atoms with Gasteiger partial charge in [-0.15, -0.1) is 0 Å². The van der Waals surface area contributed by atoms with E-state index in [0.29, 0.717) is 6.54 Å². The lowest BCUT2D eigenvalue weighted by Crippen LogP contribution is -2.34. The average molecular weight is 381 g/mol. The summed E-state index contributed by atoms with van der Waals surface area (Å²) in [6.45, 7) is 9.33. The van der Waals surface area contributed by atoms with E-state index in [1.165, 1.54) is 23.2 Å². The zero-order chi connectivity index (χ0) is 20.0. The van der Waals surface area contributed by atoms with Crippen molar-refractivity contribution >= 4 is 11.6 Å². The molecule has 28 heavy (non-hydrogen) atoms. The zero-order valence-corrected chi connectivity index (χ0v) is 17.3. The number of amides is 1. The number of para-hydroxylation sites is 1. The highest BCUT2D eigenvalue weighted by molar-refractivity contribution is 5.77. The fourth-order valence-corrected chi connectivity index (χ4v) is 3.59. The molecule has 3 rings (SSSR count). The molecule has 0 fully saturated rings. The van der Waals surface area contributed by atoms with E-state index in [-0.39, 0.29) is 17.9 Å². The summed E-state index contributed by atoms with van der Waals surface area (Å²) in [4.78, 5) is 14.5. The quantitative estimate of drug-likeness (QED) is 0.727. The first-order valence-corrected chi connectivity index (χ1v) is 10.3. The summed E-state index contributed by atoms with van der Waals surface area (Å²) in [7, 11) is 0. The minimum atomic E-state index is -0.0704.